The molecule has 1 amide bonds. The maximum absolute atomic E-state index is 12.7. The summed E-state index contributed by atoms with van der Waals surface area (Å²) in [6.07, 6.45) is 6.72. The SMILES string of the molecule is CN1CCC(CC(=O)N[C@H]2CC(C)(C)Cc3nc(C(C)(C)C)ncc32)CC1. The van der Waals surface area contributed by atoms with Gasteiger partial charge in [-0.1, -0.05) is 34.6 Å². The molecule has 1 atom stereocenters. The molecule has 0 spiro atoms. The van der Waals surface area contributed by atoms with Crippen molar-refractivity contribution in [2.45, 2.75) is 78.2 Å². The molecule has 1 saturated heterocycles. The normalized spacial score (nSPS) is 23.7. The molecule has 2 aliphatic rings. The van der Waals surface area contributed by atoms with Gasteiger partial charge < -0.3 is 10.2 Å². The summed E-state index contributed by atoms with van der Waals surface area (Å²) >= 11 is 0. The molecule has 5 nitrogen and oxygen atoms in total. The van der Waals surface area contributed by atoms with Gasteiger partial charge in [-0.2, -0.15) is 0 Å². The summed E-state index contributed by atoms with van der Waals surface area (Å²) in [5.41, 5.74) is 2.28. The zero-order chi connectivity index (χ0) is 19.8. The number of carbonyl (C=O) groups is 1. The Kier molecular flexibility index (Phi) is 5.62. The van der Waals surface area contributed by atoms with E-state index in [9.17, 15) is 4.79 Å². The third-order valence-electron chi connectivity index (χ3n) is 6.00. The summed E-state index contributed by atoms with van der Waals surface area (Å²) in [6, 6.07) is 0.0246. The zero-order valence-electron chi connectivity index (χ0n) is 17.9. The fourth-order valence-electron chi connectivity index (χ4n) is 4.32. The van der Waals surface area contributed by atoms with Crippen molar-refractivity contribution >= 4 is 5.91 Å². The molecule has 1 fully saturated rings. The summed E-state index contributed by atoms with van der Waals surface area (Å²) in [5, 5.41) is 3.31. The van der Waals surface area contributed by atoms with Gasteiger partial charge in [0.2, 0.25) is 5.91 Å². The van der Waals surface area contributed by atoms with Crippen LogP contribution in [0.2, 0.25) is 0 Å². The number of aromatic nitrogens is 2. The van der Waals surface area contributed by atoms with E-state index in [0.717, 1.165) is 55.9 Å². The van der Waals surface area contributed by atoms with Crippen LogP contribution in [0.3, 0.4) is 0 Å². The Hall–Kier alpha value is -1.49. The van der Waals surface area contributed by atoms with Gasteiger partial charge in [-0.05, 0) is 57.2 Å². The van der Waals surface area contributed by atoms with Crippen molar-refractivity contribution in [1.29, 1.82) is 0 Å². The van der Waals surface area contributed by atoms with Crippen molar-refractivity contribution < 1.29 is 4.79 Å². The Morgan fingerprint density at radius 1 is 1.30 bits per heavy atom. The van der Waals surface area contributed by atoms with E-state index < -0.39 is 0 Å². The molecule has 1 N–H and O–H groups in total. The van der Waals surface area contributed by atoms with Gasteiger partial charge in [0.15, 0.2) is 0 Å². The van der Waals surface area contributed by atoms with Gasteiger partial charge in [0.25, 0.3) is 0 Å². The minimum atomic E-state index is -0.0660. The lowest BCUT2D eigenvalue weighted by Crippen LogP contribution is -2.39. The van der Waals surface area contributed by atoms with E-state index >= 15 is 0 Å². The summed E-state index contributed by atoms with van der Waals surface area (Å²) in [7, 11) is 2.16. The molecular formula is C22H36N4O. The molecule has 3 rings (SSSR count). The number of hydrogen-bond donors (Lipinski definition) is 1. The number of nitrogens with one attached hydrogen (secondary N) is 1. The predicted octanol–water partition coefficient (Wildman–Crippen LogP) is 3.64. The summed E-state index contributed by atoms with van der Waals surface area (Å²) in [6.45, 7) is 13.2. The standard InChI is InChI=1S/C22H36N4O/c1-21(2,3)20-23-14-16-17(12-22(4,5)13-18(16)25-20)24-19(27)11-15-7-9-26(6)10-8-15/h14-15,17H,7-13H2,1-6H3,(H,24,27)/t17-/m0/s1. The second-order valence-corrected chi connectivity index (χ2v) is 10.5. The summed E-state index contributed by atoms with van der Waals surface area (Å²) in [5.74, 6) is 1.57. The van der Waals surface area contributed by atoms with E-state index in [1.165, 1.54) is 0 Å². The van der Waals surface area contributed by atoms with Gasteiger partial charge in [0.1, 0.15) is 5.82 Å². The van der Waals surface area contributed by atoms with Gasteiger partial charge in [0.05, 0.1) is 6.04 Å². The first-order valence-electron chi connectivity index (χ1n) is 10.4. The van der Waals surface area contributed by atoms with Crippen molar-refractivity contribution in [3.8, 4) is 0 Å². The van der Waals surface area contributed by atoms with Crippen LogP contribution in [0.5, 0.6) is 0 Å². The van der Waals surface area contributed by atoms with Gasteiger partial charge in [0, 0.05) is 29.3 Å². The number of likely N-dealkylation sites (tertiary alicyclic amines) is 1. The van der Waals surface area contributed by atoms with Crippen LogP contribution < -0.4 is 5.32 Å². The first-order chi connectivity index (χ1) is 12.5. The van der Waals surface area contributed by atoms with E-state index in [2.05, 4.69) is 56.9 Å². The quantitative estimate of drug-likeness (QED) is 0.880. The zero-order valence-corrected chi connectivity index (χ0v) is 17.9. The van der Waals surface area contributed by atoms with Crippen LogP contribution >= 0.6 is 0 Å². The third kappa shape index (κ3) is 5.07. The Morgan fingerprint density at radius 3 is 2.59 bits per heavy atom. The molecule has 0 bridgehead atoms. The maximum atomic E-state index is 12.7. The number of hydrogen-bond acceptors (Lipinski definition) is 4. The lowest BCUT2D eigenvalue weighted by atomic mass is 9.74. The molecule has 0 saturated carbocycles. The van der Waals surface area contributed by atoms with Crippen LogP contribution in [0.25, 0.3) is 0 Å². The second kappa shape index (κ2) is 7.50. The molecule has 0 radical (unpaired) electrons. The summed E-state index contributed by atoms with van der Waals surface area (Å²) in [4.78, 5) is 24.6. The lowest BCUT2D eigenvalue weighted by molar-refractivity contribution is -0.123. The van der Waals surface area contributed by atoms with Gasteiger partial charge in [-0.15, -0.1) is 0 Å². The highest BCUT2D eigenvalue weighted by Crippen LogP contribution is 2.40. The first-order valence-corrected chi connectivity index (χ1v) is 10.4. The maximum Gasteiger partial charge on any atom is 0.220 e. The van der Waals surface area contributed by atoms with Crippen LogP contribution in [-0.4, -0.2) is 40.9 Å². The van der Waals surface area contributed by atoms with Crippen molar-refractivity contribution in [3.63, 3.8) is 0 Å². The van der Waals surface area contributed by atoms with E-state index in [0.29, 0.717) is 12.3 Å². The van der Waals surface area contributed by atoms with Gasteiger partial charge in [-0.25, -0.2) is 9.97 Å². The second-order valence-electron chi connectivity index (χ2n) is 10.5. The molecule has 1 aliphatic carbocycles. The number of fused-ring (bicyclic) bond motifs is 1. The lowest BCUT2D eigenvalue weighted by Gasteiger charge is -2.37. The third-order valence-corrected chi connectivity index (χ3v) is 6.00. The number of amides is 1. The van der Waals surface area contributed by atoms with Crippen LogP contribution in [0.1, 0.15) is 83.4 Å². The molecule has 1 aliphatic heterocycles. The molecule has 0 unspecified atom stereocenters. The smallest absolute Gasteiger partial charge is 0.220 e. The number of nitrogens with zero attached hydrogens (tertiary/aromatic N) is 3. The van der Waals surface area contributed by atoms with Crippen molar-refractivity contribution in [1.82, 2.24) is 20.2 Å². The Bertz CT molecular complexity index is 684. The summed E-state index contributed by atoms with van der Waals surface area (Å²) < 4.78 is 0. The van der Waals surface area contributed by atoms with Crippen molar-refractivity contribution in [2.75, 3.05) is 20.1 Å². The number of piperidine rings is 1. The molecule has 150 valence electrons. The van der Waals surface area contributed by atoms with Crippen molar-refractivity contribution in [3.05, 3.63) is 23.3 Å². The topological polar surface area (TPSA) is 58.1 Å². The van der Waals surface area contributed by atoms with Crippen LogP contribution in [-0.2, 0) is 16.6 Å². The van der Waals surface area contributed by atoms with Gasteiger partial charge >= 0.3 is 0 Å². The average molecular weight is 373 g/mol. The predicted molar refractivity (Wildman–Crippen MR) is 109 cm³/mol. The fraction of sp³-hybridized carbons (Fsp3) is 0.773. The van der Waals surface area contributed by atoms with Crippen LogP contribution in [0, 0.1) is 11.3 Å². The molecule has 0 aromatic carbocycles. The monoisotopic (exact) mass is 372 g/mol. The molecule has 1 aromatic heterocycles. The minimum Gasteiger partial charge on any atom is -0.349 e. The Morgan fingerprint density at radius 2 is 1.96 bits per heavy atom. The minimum absolute atomic E-state index is 0.0246. The first kappa shape index (κ1) is 20.2. The Balaban J connectivity index is 1.73. The number of rotatable bonds is 3. The molecular weight excluding hydrogens is 336 g/mol. The van der Waals surface area contributed by atoms with E-state index in [4.69, 9.17) is 4.98 Å². The van der Waals surface area contributed by atoms with Crippen LogP contribution in [0.15, 0.2) is 6.20 Å². The van der Waals surface area contributed by atoms with Crippen molar-refractivity contribution in [2.24, 2.45) is 11.3 Å². The van der Waals surface area contributed by atoms with Gasteiger partial charge in [-0.3, -0.25) is 4.79 Å². The average Bonchev–Trinajstić information content (AvgIpc) is 2.54. The van der Waals surface area contributed by atoms with E-state index in [1.54, 1.807) is 0 Å². The van der Waals surface area contributed by atoms with E-state index in [1.807, 2.05) is 6.20 Å². The fourth-order valence-corrected chi connectivity index (χ4v) is 4.32. The molecule has 5 heteroatoms. The highest BCUT2D eigenvalue weighted by molar-refractivity contribution is 5.76. The number of carbonyl (C=O) groups excluding carboxylic acids is 1. The molecule has 1 aromatic rings. The highest BCUT2D eigenvalue weighted by Gasteiger charge is 2.35. The highest BCUT2D eigenvalue weighted by atomic mass is 16.1. The largest absolute Gasteiger partial charge is 0.349 e. The van der Waals surface area contributed by atoms with E-state index in [-0.39, 0.29) is 22.8 Å². The molecule has 27 heavy (non-hydrogen) atoms. The van der Waals surface area contributed by atoms with Crippen LogP contribution in [0.4, 0.5) is 0 Å². The Labute approximate surface area is 164 Å². The molecule has 2 heterocycles.